The van der Waals surface area contributed by atoms with E-state index in [4.69, 9.17) is 5.11 Å². The molecule has 0 unspecified atom stereocenters. The number of thioether (sulfide) groups is 1. The summed E-state index contributed by atoms with van der Waals surface area (Å²) in [7, 11) is 0. The molecule has 1 aromatic heterocycles. The number of benzene rings is 1. The Hall–Kier alpha value is -1.82. The minimum absolute atomic E-state index is 0.0125. The third-order valence-electron chi connectivity index (χ3n) is 3.29. The fourth-order valence-electron chi connectivity index (χ4n) is 2.17. The molecule has 1 saturated carbocycles. The van der Waals surface area contributed by atoms with Crippen molar-refractivity contribution in [3.63, 3.8) is 0 Å². The molecule has 0 atom stereocenters. The summed E-state index contributed by atoms with van der Waals surface area (Å²) in [5.74, 6) is 0.0230. The first-order chi connectivity index (χ1) is 9.66. The molecule has 6 heteroatoms. The van der Waals surface area contributed by atoms with Crippen molar-refractivity contribution in [3.05, 3.63) is 29.8 Å². The van der Waals surface area contributed by atoms with E-state index >= 15 is 0 Å². The number of aryl methyl sites for hydroxylation is 1. The first-order valence-electron chi connectivity index (χ1n) is 6.52. The lowest BCUT2D eigenvalue weighted by molar-refractivity contribution is -0.133. The van der Waals surface area contributed by atoms with Crippen LogP contribution in [0.15, 0.2) is 29.4 Å². The van der Waals surface area contributed by atoms with Gasteiger partial charge in [0, 0.05) is 11.6 Å². The van der Waals surface area contributed by atoms with E-state index in [0.717, 1.165) is 29.8 Å². The van der Waals surface area contributed by atoms with Crippen LogP contribution < -0.4 is 0 Å². The number of aliphatic carboxylic acids is 1. The molecule has 0 radical (unpaired) electrons. The van der Waals surface area contributed by atoms with Crippen LogP contribution in [0.5, 0.6) is 0 Å². The average molecular weight is 289 g/mol. The maximum absolute atomic E-state index is 10.7. The van der Waals surface area contributed by atoms with Gasteiger partial charge in [0.1, 0.15) is 0 Å². The Labute approximate surface area is 121 Å². The molecule has 1 aliphatic rings. The van der Waals surface area contributed by atoms with Crippen molar-refractivity contribution < 1.29 is 9.90 Å². The van der Waals surface area contributed by atoms with Crippen LogP contribution in [0, 0.1) is 6.92 Å². The highest BCUT2D eigenvalue weighted by atomic mass is 32.2. The quantitative estimate of drug-likeness (QED) is 0.857. The number of hydrogen-bond acceptors (Lipinski definition) is 4. The molecule has 0 saturated heterocycles. The van der Waals surface area contributed by atoms with Crippen molar-refractivity contribution >= 4 is 17.7 Å². The second kappa shape index (κ2) is 5.28. The van der Waals surface area contributed by atoms with Gasteiger partial charge < -0.3 is 5.11 Å². The van der Waals surface area contributed by atoms with Gasteiger partial charge >= 0.3 is 5.97 Å². The van der Waals surface area contributed by atoms with Gasteiger partial charge in [0.05, 0.1) is 5.75 Å². The van der Waals surface area contributed by atoms with Gasteiger partial charge in [-0.1, -0.05) is 36.0 Å². The smallest absolute Gasteiger partial charge is 0.313 e. The molecule has 3 rings (SSSR count). The van der Waals surface area contributed by atoms with Crippen molar-refractivity contribution in [2.75, 3.05) is 5.75 Å². The lowest BCUT2D eigenvalue weighted by Gasteiger charge is -2.09. The predicted octanol–water partition coefficient (Wildman–Crippen LogP) is 2.77. The first-order valence-corrected chi connectivity index (χ1v) is 7.51. The van der Waals surface area contributed by atoms with Crippen LogP contribution in [-0.4, -0.2) is 31.6 Å². The molecule has 0 spiro atoms. The fourth-order valence-corrected chi connectivity index (χ4v) is 2.90. The molecule has 0 bridgehead atoms. The Morgan fingerprint density at radius 2 is 2.15 bits per heavy atom. The minimum Gasteiger partial charge on any atom is -0.481 e. The molecule has 20 heavy (non-hydrogen) atoms. The topological polar surface area (TPSA) is 68.0 Å². The Bertz CT molecular complexity index is 650. The highest BCUT2D eigenvalue weighted by molar-refractivity contribution is 7.99. The molecule has 2 aromatic rings. The SMILES string of the molecule is Cc1ccccc1-c1nnc(SCC(=O)O)n1C1CC1. The van der Waals surface area contributed by atoms with E-state index in [1.54, 1.807) is 0 Å². The molecule has 1 aromatic carbocycles. The van der Waals surface area contributed by atoms with Gasteiger partial charge in [0.25, 0.3) is 0 Å². The van der Waals surface area contributed by atoms with Crippen LogP contribution in [0.2, 0.25) is 0 Å². The number of carboxylic acids is 1. The normalized spacial score (nSPS) is 14.4. The molecule has 1 heterocycles. The van der Waals surface area contributed by atoms with Crippen LogP contribution in [0.3, 0.4) is 0 Å². The predicted molar refractivity (Wildman–Crippen MR) is 76.8 cm³/mol. The van der Waals surface area contributed by atoms with Gasteiger partial charge in [-0.3, -0.25) is 9.36 Å². The molecule has 1 fully saturated rings. The first kappa shape index (κ1) is 13.2. The summed E-state index contributed by atoms with van der Waals surface area (Å²) in [4.78, 5) is 10.7. The Kier molecular flexibility index (Phi) is 3.48. The minimum atomic E-state index is -0.835. The van der Waals surface area contributed by atoms with Gasteiger partial charge in [-0.05, 0) is 25.3 Å². The Morgan fingerprint density at radius 3 is 2.80 bits per heavy atom. The van der Waals surface area contributed by atoms with E-state index in [2.05, 4.69) is 14.8 Å². The molecular weight excluding hydrogens is 274 g/mol. The van der Waals surface area contributed by atoms with Gasteiger partial charge in [-0.15, -0.1) is 10.2 Å². The summed E-state index contributed by atoms with van der Waals surface area (Å²) < 4.78 is 2.09. The second-order valence-corrected chi connectivity index (χ2v) is 5.85. The van der Waals surface area contributed by atoms with E-state index in [0.29, 0.717) is 11.2 Å². The summed E-state index contributed by atoms with van der Waals surface area (Å²) in [6.07, 6.45) is 2.22. The van der Waals surface area contributed by atoms with Crippen molar-refractivity contribution in [1.82, 2.24) is 14.8 Å². The average Bonchev–Trinajstić information content (AvgIpc) is 3.17. The molecule has 0 aliphatic heterocycles. The lowest BCUT2D eigenvalue weighted by Crippen LogP contribution is -2.03. The van der Waals surface area contributed by atoms with E-state index in [1.807, 2.05) is 31.2 Å². The number of carboxylic acid groups (broad SMARTS) is 1. The number of carbonyl (C=O) groups is 1. The van der Waals surface area contributed by atoms with E-state index in [-0.39, 0.29) is 5.75 Å². The summed E-state index contributed by atoms with van der Waals surface area (Å²) >= 11 is 1.23. The zero-order chi connectivity index (χ0) is 14.1. The number of hydrogen-bond donors (Lipinski definition) is 1. The van der Waals surface area contributed by atoms with E-state index in [9.17, 15) is 4.79 Å². The van der Waals surface area contributed by atoms with Gasteiger partial charge in [0.2, 0.25) is 0 Å². The Balaban J connectivity index is 1.99. The monoisotopic (exact) mass is 289 g/mol. The second-order valence-electron chi connectivity index (χ2n) is 4.90. The third kappa shape index (κ3) is 2.56. The largest absolute Gasteiger partial charge is 0.481 e. The van der Waals surface area contributed by atoms with Crippen LogP contribution in [0.25, 0.3) is 11.4 Å². The van der Waals surface area contributed by atoms with Crippen molar-refractivity contribution in [1.29, 1.82) is 0 Å². The molecule has 1 N–H and O–H groups in total. The van der Waals surface area contributed by atoms with Gasteiger partial charge in [0.15, 0.2) is 11.0 Å². The highest BCUT2D eigenvalue weighted by Gasteiger charge is 2.30. The standard InChI is InChI=1S/C14H15N3O2S/c1-9-4-2-3-5-11(9)13-15-16-14(20-8-12(18)19)17(13)10-6-7-10/h2-5,10H,6-8H2,1H3,(H,18,19). The van der Waals surface area contributed by atoms with Crippen LogP contribution in [-0.2, 0) is 4.79 Å². The molecular formula is C14H15N3O2S. The van der Waals surface area contributed by atoms with Gasteiger partial charge in [-0.2, -0.15) is 0 Å². The van der Waals surface area contributed by atoms with Crippen LogP contribution in [0.4, 0.5) is 0 Å². The summed E-state index contributed by atoms with van der Waals surface area (Å²) in [5.41, 5.74) is 2.21. The maximum atomic E-state index is 10.7. The molecule has 1 aliphatic carbocycles. The van der Waals surface area contributed by atoms with Crippen molar-refractivity contribution in [3.8, 4) is 11.4 Å². The number of aromatic nitrogens is 3. The maximum Gasteiger partial charge on any atom is 0.313 e. The number of rotatable bonds is 5. The molecule has 5 nitrogen and oxygen atoms in total. The molecule has 0 amide bonds. The van der Waals surface area contributed by atoms with Crippen molar-refractivity contribution in [2.45, 2.75) is 31.0 Å². The Morgan fingerprint density at radius 1 is 1.40 bits per heavy atom. The van der Waals surface area contributed by atoms with E-state index in [1.165, 1.54) is 11.8 Å². The molecule has 104 valence electrons. The van der Waals surface area contributed by atoms with Gasteiger partial charge in [-0.25, -0.2) is 0 Å². The summed E-state index contributed by atoms with van der Waals surface area (Å²) in [6.45, 7) is 2.05. The zero-order valence-electron chi connectivity index (χ0n) is 11.1. The zero-order valence-corrected chi connectivity index (χ0v) is 11.9. The highest BCUT2D eigenvalue weighted by Crippen LogP contribution is 2.41. The third-order valence-corrected chi connectivity index (χ3v) is 4.22. The summed E-state index contributed by atoms with van der Waals surface area (Å²) in [6, 6.07) is 8.47. The summed E-state index contributed by atoms with van der Waals surface area (Å²) in [5, 5.41) is 18.0. The van der Waals surface area contributed by atoms with Crippen molar-refractivity contribution in [2.24, 2.45) is 0 Å². The fraction of sp³-hybridized carbons (Fsp3) is 0.357. The van der Waals surface area contributed by atoms with E-state index < -0.39 is 5.97 Å². The lowest BCUT2D eigenvalue weighted by atomic mass is 10.1. The van der Waals surface area contributed by atoms with Crippen LogP contribution >= 0.6 is 11.8 Å². The number of nitrogens with zero attached hydrogens (tertiary/aromatic N) is 3. The van der Waals surface area contributed by atoms with Crippen LogP contribution in [0.1, 0.15) is 24.4 Å².